The van der Waals surface area contributed by atoms with Crippen molar-refractivity contribution in [2.75, 3.05) is 45.1 Å². The summed E-state index contributed by atoms with van der Waals surface area (Å²) in [5, 5.41) is 2.84. The van der Waals surface area contributed by atoms with Gasteiger partial charge in [0.1, 0.15) is 11.5 Å². The predicted octanol–water partition coefficient (Wildman–Crippen LogP) is 1.66. The van der Waals surface area contributed by atoms with Crippen molar-refractivity contribution in [3.63, 3.8) is 0 Å². The number of carbonyl (C=O) groups is 1. The first kappa shape index (κ1) is 20.7. The lowest BCUT2D eigenvalue weighted by atomic mass is 10.1. The third kappa shape index (κ3) is 5.73. The molecule has 0 aliphatic carbocycles. The highest BCUT2D eigenvalue weighted by Crippen LogP contribution is 2.25. The van der Waals surface area contributed by atoms with Crippen LogP contribution in [0.1, 0.15) is 17.0 Å². The van der Waals surface area contributed by atoms with Crippen molar-refractivity contribution in [2.24, 2.45) is 0 Å². The number of nitrogens with zero attached hydrogens (tertiary/aromatic N) is 2. The monoisotopic (exact) mass is 405 g/mol. The fourth-order valence-electron chi connectivity index (χ4n) is 3.07. The molecule has 0 bridgehead atoms. The van der Waals surface area contributed by atoms with Gasteiger partial charge in [-0.1, -0.05) is 18.2 Å². The number of carbonyl (C=O) groups excluding carboxylic acids is 1. The maximum Gasteiger partial charge on any atom is 0.232 e. The third-order valence-corrected chi connectivity index (χ3v) is 5.89. The van der Waals surface area contributed by atoms with Crippen LogP contribution in [0.5, 0.6) is 0 Å². The van der Waals surface area contributed by atoms with Crippen molar-refractivity contribution in [3.8, 4) is 11.5 Å². The molecule has 2 aromatic rings. The van der Waals surface area contributed by atoms with Crippen LogP contribution in [0.3, 0.4) is 0 Å². The number of hydrogen-bond acceptors (Lipinski definition) is 6. The number of oxazole rings is 1. The van der Waals surface area contributed by atoms with E-state index in [0.29, 0.717) is 23.9 Å². The molecule has 0 spiro atoms. The van der Waals surface area contributed by atoms with E-state index in [-0.39, 0.29) is 17.4 Å². The zero-order valence-electron chi connectivity index (χ0n) is 16.4. The molecule has 28 heavy (non-hydrogen) atoms. The first-order valence-corrected chi connectivity index (χ1v) is 11.0. The molecule has 1 fully saturated rings. The maximum atomic E-state index is 12.4. The highest BCUT2D eigenvalue weighted by Gasteiger charge is 2.17. The molecule has 0 saturated carbocycles. The first-order chi connectivity index (χ1) is 13.5. The Morgan fingerprint density at radius 1 is 1.25 bits per heavy atom. The molecule has 1 aliphatic rings. The van der Waals surface area contributed by atoms with Crippen molar-refractivity contribution in [1.82, 2.24) is 15.2 Å². The van der Waals surface area contributed by atoms with Gasteiger partial charge in [-0.3, -0.25) is 13.9 Å². The second kappa shape index (κ2) is 9.95. The number of morpholine rings is 1. The predicted molar refractivity (Wildman–Crippen MR) is 108 cm³/mol. The number of rotatable bonds is 8. The lowest BCUT2D eigenvalue weighted by Gasteiger charge is -2.26. The molecule has 7 nitrogen and oxygen atoms in total. The van der Waals surface area contributed by atoms with E-state index >= 15 is 0 Å². The van der Waals surface area contributed by atoms with E-state index in [1.54, 1.807) is 0 Å². The summed E-state index contributed by atoms with van der Waals surface area (Å²) in [6, 6.07) is 7.83. The Balaban J connectivity index is 1.48. The van der Waals surface area contributed by atoms with Crippen LogP contribution >= 0.6 is 0 Å². The van der Waals surface area contributed by atoms with E-state index in [0.717, 1.165) is 44.0 Å². The third-order valence-electron chi connectivity index (χ3n) is 4.71. The maximum absolute atomic E-state index is 12.4. The van der Waals surface area contributed by atoms with E-state index in [2.05, 4.69) is 15.2 Å². The Kier molecular flexibility index (Phi) is 7.36. The lowest BCUT2D eigenvalue weighted by molar-refractivity contribution is -0.118. The number of ether oxygens (including phenoxy) is 1. The lowest BCUT2D eigenvalue weighted by Crippen LogP contribution is -2.42. The fourth-order valence-corrected chi connectivity index (χ4v) is 4.14. The summed E-state index contributed by atoms with van der Waals surface area (Å²) in [5.74, 6) is 1.14. The zero-order chi connectivity index (χ0) is 19.9. The number of benzene rings is 1. The number of aryl methyl sites for hydroxylation is 2. The molecule has 152 valence electrons. The Morgan fingerprint density at radius 2 is 2.00 bits per heavy atom. The molecular formula is C20H27N3O4S. The second-order valence-electron chi connectivity index (χ2n) is 6.87. The quantitative estimate of drug-likeness (QED) is 0.719. The van der Waals surface area contributed by atoms with Crippen LogP contribution in [0.2, 0.25) is 0 Å². The van der Waals surface area contributed by atoms with Gasteiger partial charge >= 0.3 is 0 Å². The molecule has 1 amide bonds. The molecule has 0 unspecified atom stereocenters. The van der Waals surface area contributed by atoms with E-state index in [4.69, 9.17) is 9.15 Å². The van der Waals surface area contributed by atoms with Crippen LogP contribution in [-0.2, 0) is 26.1 Å². The van der Waals surface area contributed by atoms with Gasteiger partial charge in [0.2, 0.25) is 11.8 Å². The van der Waals surface area contributed by atoms with Gasteiger partial charge in [-0.25, -0.2) is 4.98 Å². The summed E-state index contributed by atoms with van der Waals surface area (Å²) in [6.45, 7) is 8.38. The van der Waals surface area contributed by atoms with Crippen LogP contribution in [-0.4, -0.2) is 65.1 Å². The normalized spacial score (nSPS) is 16.1. The Labute approximate surface area is 167 Å². The number of aromatic nitrogens is 1. The molecule has 1 saturated heterocycles. The smallest absolute Gasteiger partial charge is 0.232 e. The molecule has 1 aliphatic heterocycles. The standard InChI is InChI=1S/C20H27N3O4S/c1-15-5-3-4-6-17(15)20-22-18(16(2)27-20)13-28(25)14-19(24)21-7-8-23-9-11-26-12-10-23/h3-6H,7-14H2,1-2H3,(H,21,24)/t28-/m1/s1. The van der Waals surface area contributed by atoms with Crippen LogP contribution in [0.4, 0.5) is 0 Å². The topological polar surface area (TPSA) is 84.7 Å². The van der Waals surface area contributed by atoms with Gasteiger partial charge in [-0.05, 0) is 25.5 Å². The minimum Gasteiger partial charge on any atom is -0.441 e. The van der Waals surface area contributed by atoms with Crippen molar-refractivity contribution < 1.29 is 18.2 Å². The highest BCUT2D eigenvalue weighted by molar-refractivity contribution is 7.84. The Bertz CT molecular complexity index is 831. The minimum absolute atomic E-state index is 0.0326. The Hall–Kier alpha value is -2.03. The van der Waals surface area contributed by atoms with Gasteiger partial charge in [-0.2, -0.15) is 0 Å². The number of nitrogens with one attached hydrogen (secondary N) is 1. The second-order valence-corrected chi connectivity index (χ2v) is 8.33. The molecular weight excluding hydrogens is 378 g/mol. The number of hydrogen-bond donors (Lipinski definition) is 1. The SMILES string of the molecule is Cc1ccccc1-c1nc(C[S@@](=O)CC(=O)NCCN2CCOCC2)c(C)o1. The average molecular weight is 406 g/mol. The molecule has 1 aromatic heterocycles. The van der Waals surface area contributed by atoms with Crippen LogP contribution in [0.15, 0.2) is 28.7 Å². The van der Waals surface area contributed by atoms with Gasteiger partial charge in [0.05, 0.1) is 24.7 Å². The molecule has 1 N–H and O–H groups in total. The molecule has 1 atom stereocenters. The molecule has 0 radical (unpaired) electrons. The first-order valence-electron chi connectivity index (χ1n) is 9.47. The van der Waals surface area contributed by atoms with Gasteiger partial charge < -0.3 is 14.5 Å². The highest BCUT2D eigenvalue weighted by atomic mass is 32.2. The summed E-state index contributed by atoms with van der Waals surface area (Å²) in [5.41, 5.74) is 2.62. The van der Waals surface area contributed by atoms with Crippen molar-refractivity contribution in [2.45, 2.75) is 19.6 Å². The summed E-state index contributed by atoms with van der Waals surface area (Å²) in [4.78, 5) is 18.8. The van der Waals surface area contributed by atoms with Gasteiger partial charge in [-0.15, -0.1) is 0 Å². The van der Waals surface area contributed by atoms with E-state index in [1.165, 1.54) is 0 Å². The molecule has 8 heteroatoms. The average Bonchev–Trinajstić information content (AvgIpc) is 3.03. The number of amides is 1. The van der Waals surface area contributed by atoms with Crippen molar-refractivity contribution >= 4 is 16.7 Å². The molecule has 1 aromatic carbocycles. The van der Waals surface area contributed by atoms with Crippen LogP contribution in [0, 0.1) is 13.8 Å². The van der Waals surface area contributed by atoms with E-state index in [1.807, 2.05) is 38.1 Å². The summed E-state index contributed by atoms with van der Waals surface area (Å²) >= 11 is 0. The zero-order valence-corrected chi connectivity index (χ0v) is 17.2. The van der Waals surface area contributed by atoms with Crippen LogP contribution < -0.4 is 5.32 Å². The molecule has 2 heterocycles. The fraction of sp³-hybridized carbons (Fsp3) is 0.500. The summed E-state index contributed by atoms with van der Waals surface area (Å²) < 4.78 is 23.5. The Morgan fingerprint density at radius 3 is 2.75 bits per heavy atom. The summed E-state index contributed by atoms with van der Waals surface area (Å²) in [6.07, 6.45) is 0. The van der Waals surface area contributed by atoms with Gasteiger partial charge in [0.15, 0.2) is 0 Å². The largest absolute Gasteiger partial charge is 0.441 e. The molecule has 3 rings (SSSR count). The minimum atomic E-state index is -1.34. The summed E-state index contributed by atoms with van der Waals surface area (Å²) in [7, 11) is -1.34. The van der Waals surface area contributed by atoms with E-state index in [9.17, 15) is 9.00 Å². The van der Waals surface area contributed by atoms with E-state index < -0.39 is 10.8 Å². The van der Waals surface area contributed by atoms with Crippen molar-refractivity contribution in [3.05, 3.63) is 41.3 Å². The van der Waals surface area contributed by atoms with Crippen LogP contribution in [0.25, 0.3) is 11.5 Å². The van der Waals surface area contributed by atoms with Gasteiger partial charge in [0.25, 0.3) is 0 Å². The van der Waals surface area contributed by atoms with Gasteiger partial charge in [0, 0.05) is 42.5 Å². The van der Waals surface area contributed by atoms with Crippen molar-refractivity contribution in [1.29, 1.82) is 0 Å².